The summed E-state index contributed by atoms with van der Waals surface area (Å²) >= 11 is 0. The molecule has 0 saturated heterocycles. The van der Waals surface area contributed by atoms with Gasteiger partial charge in [-0.3, -0.25) is 23.3 Å². The van der Waals surface area contributed by atoms with Crippen molar-refractivity contribution >= 4 is 26.9 Å². The van der Waals surface area contributed by atoms with E-state index >= 15 is 4.39 Å². The number of pyridine rings is 1. The molecule has 0 spiro atoms. The first-order valence-corrected chi connectivity index (χ1v) is 15.0. The van der Waals surface area contributed by atoms with Gasteiger partial charge in [0.25, 0.3) is 21.6 Å². The Kier molecular flexibility index (Phi) is 9.29. The van der Waals surface area contributed by atoms with E-state index in [0.29, 0.717) is 16.5 Å². The van der Waals surface area contributed by atoms with Crippen LogP contribution in [-0.2, 0) is 20.8 Å². The predicted molar refractivity (Wildman–Crippen MR) is 155 cm³/mol. The number of alkyl halides is 1. The molecule has 9 nitrogen and oxygen atoms in total. The van der Waals surface area contributed by atoms with E-state index in [-0.39, 0.29) is 23.8 Å². The SMILES string of the molecule is Cc1ccc(C(=O)N(CC(F)COS(C)(=O)=O)C(c2nc3cnccc3c(=O)n2Cc2ccccc2)C(C)C)cc1. The number of carbonyl (C=O) groups excluding carboxylic acids is 1. The van der Waals surface area contributed by atoms with Gasteiger partial charge >= 0.3 is 0 Å². The van der Waals surface area contributed by atoms with Gasteiger partial charge in [0.15, 0.2) is 0 Å². The molecule has 2 unspecified atom stereocenters. The van der Waals surface area contributed by atoms with Crippen molar-refractivity contribution in [2.24, 2.45) is 5.92 Å². The summed E-state index contributed by atoms with van der Waals surface area (Å²) in [4.78, 5) is 38.1. The van der Waals surface area contributed by atoms with Crippen LogP contribution in [0.4, 0.5) is 4.39 Å². The number of aryl methyl sites for hydroxylation is 1. The lowest BCUT2D eigenvalue weighted by Gasteiger charge is -2.36. The largest absolute Gasteiger partial charge is 0.325 e. The van der Waals surface area contributed by atoms with Crippen LogP contribution < -0.4 is 5.56 Å². The third kappa shape index (κ3) is 7.42. The minimum absolute atomic E-state index is 0.173. The highest BCUT2D eigenvalue weighted by atomic mass is 32.2. The predicted octanol–water partition coefficient (Wildman–Crippen LogP) is 4.30. The van der Waals surface area contributed by atoms with Crippen molar-refractivity contribution in [2.75, 3.05) is 19.4 Å². The molecule has 2 heterocycles. The normalized spacial score (nSPS) is 13.3. The number of fused-ring (bicyclic) bond motifs is 1. The molecule has 0 aliphatic carbocycles. The van der Waals surface area contributed by atoms with Crippen molar-refractivity contribution in [1.29, 1.82) is 0 Å². The molecule has 0 aliphatic rings. The number of hydrogen-bond donors (Lipinski definition) is 0. The van der Waals surface area contributed by atoms with Crippen LogP contribution in [0.1, 0.15) is 47.2 Å². The molecule has 11 heteroatoms. The zero-order chi connectivity index (χ0) is 29.7. The van der Waals surface area contributed by atoms with Gasteiger partial charge in [-0.1, -0.05) is 61.9 Å². The van der Waals surface area contributed by atoms with Gasteiger partial charge in [0.1, 0.15) is 12.0 Å². The van der Waals surface area contributed by atoms with E-state index in [2.05, 4.69) is 4.98 Å². The fourth-order valence-electron chi connectivity index (χ4n) is 4.68. The average molecular weight is 581 g/mol. The summed E-state index contributed by atoms with van der Waals surface area (Å²) in [7, 11) is -3.90. The van der Waals surface area contributed by atoms with Crippen LogP contribution in [0, 0.1) is 12.8 Å². The van der Waals surface area contributed by atoms with Crippen molar-refractivity contribution in [3.05, 3.63) is 106 Å². The van der Waals surface area contributed by atoms with Crippen LogP contribution in [0.3, 0.4) is 0 Å². The first-order valence-electron chi connectivity index (χ1n) is 13.2. The fourth-order valence-corrected chi connectivity index (χ4v) is 5.07. The van der Waals surface area contributed by atoms with Gasteiger partial charge < -0.3 is 4.90 Å². The third-order valence-corrected chi connectivity index (χ3v) is 7.18. The summed E-state index contributed by atoms with van der Waals surface area (Å²) in [6, 6.07) is 16.9. The van der Waals surface area contributed by atoms with Gasteiger partial charge in [-0.2, -0.15) is 8.42 Å². The quantitative estimate of drug-likeness (QED) is 0.243. The highest BCUT2D eigenvalue weighted by Gasteiger charge is 2.35. The second-order valence-electron chi connectivity index (χ2n) is 10.3. The molecule has 0 radical (unpaired) electrons. The number of nitrogens with zero attached hydrogens (tertiary/aromatic N) is 4. The Hall–Kier alpha value is -3.96. The molecular weight excluding hydrogens is 547 g/mol. The molecular formula is C30H33FN4O5S. The number of hydrogen-bond acceptors (Lipinski definition) is 7. The third-order valence-electron chi connectivity index (χ3n) is 6.62. The molecule has 0 fully saturated rings. The van der Waals surface area contributed by atoms with Crippen LogP contribution >= 0.6 is 0 Å². The minimum atomic E-state index is -3.90. The fraction of sp³-hybridized carbons (Fsp3) is 0.333. The lowest BCUT2D eigenvalue weighted by atomic mass is 9.98. The summed E-state index contributed by atoms with van der Waals surface area (Å²) in [6.45, 7) is 4.52. The lowest BCUT2D eigenvalue weighted by molar-refractivity contribution is 0.0487. The summed E-state index contributed by atoms with van der Waals surface area (Å²) in [5.41, 5.74) is 2.13. The van der Waals surface area contributed by atoms with Gasteiger partial charge in [-0.25, -0.2) is 9.37 Å². The molecule has 0 aliphatic heterocycles. The number of aromatic nitrogens is 3. The first kappa shape index (κ1) is 30.0. The molecule has 0 bridgehead atoms. The zero-order valence-electron chi connectivity index (χ0n) is 23.4. The summed E-state index contributed by atoms with van der Waals surface area (Å²) in [5.74, 6) is -0.543. The molecule has 0 saturated carbocycles. The topological polar surface area (TPSA) is 111 Å². The second-order valence-corrected chi connectivity index (χ2v) is 12.0. The van der Waals surface area contributed by atoms with Crippen LogP contribution in [0.5, 0.6) is 0 Å². The van der Waals surface area contributed by atoms with Crippen LogP contribution in [-0.4, -0.2) is 59.3 Å². The highest BCUT2D eigenvalue weighted by molar-refractivity contribution is 7.85. The monoisotopic (exact) mass is 580 g/mol. The standard InChI is InChI=1S/C30H33FN4O5S/c1-20(2)27(34(18-24(31)19-40-41(4,38)39)29(36)23-12-10-21(3)11-13-23)28-33-26-16-32-15-14-25(26)30(37)35(28)17-22-8-6-5-7-9-22/h5-16,20,24,27H,17-19H2,1-4H3. The lowest BCUT2D eigenvalue weighted by Crippen LogP contribution is -2.45. The molecule has 216 valence electrons. The summed E-state index contributed by atoms with van der Waals surface area (Å²) in [6.07, 6.45) is 1.99. The maximum absolute atomic E-state index is 15.4. The van der Waals surface area contributed by atoms with Crippen LogP contribution in [0.2, 0.25) is 0 Å². The maximum atomic E-state index is 15.4. The Morgan fingerprint density at radius 3 is 2.39 bits per heavy atom. The summed E-state index contributed by atoms with van der Waals surface area (Å²) in [5, 5.41) is 0.364. The average Bonchev–Trinajstić information content (AvgIpc) is 2.93. The Morgan fingerprint density at radius 1 is 1.07 bits per heavy atom. The van der Waals surface area contributed by atoms with E-state index in [1.807, 2.05) is 51.1 Å². The maximum Gasteiger partial charge on any atom is 0.264 e. The van der Waals surface area contributed by atoms with Gasteiger partial charge in [0.2, 0.25) is 0 Å². The van der Waals surface area contributed by atoms with Gasteiger partial charge in [0.05, 0.1) is 49.1 Å². The Morgan fingerprint density at radius 2 is 1.76 bits per heavy atom. The molecule has 2 aromatic carbocycles. The number of rotatable bonds is 11. The summed E-state index contributed by atoms with van der Waals surface area (Å²) < 4.78 is 44.6. The van der Waals surface area contributed by atoms with Crippen LogP contribution in [0.15, 0.2) is 77.9 Å². The second kappa shape index (κ2) is 12.7. The Bertz CT molecular complexity index is 1680. The van der Waals surface area contributed by atoms with E-state index < -0.39 is 41.4 Å². The van der Waals surface area contributed by atoms with Crippen molar-refractivity contribution in [3.63, 3.8) is 0 Å². The number of amides is 1. The van der Waals surface area contributed by atoms with E-state index in [1.54, 1.807) is 30.3 Å². The molecule has 1 amide bonds. The van der Waals surface area contributed by atoms with Crippen LogP contribution in [0.25, 0.3) is 10.9 Å². The molecule has 0 N–H and O–H groups in total. The zero-order valence-corrected chi connectivity index (χ0v) is 24.2. The molecule has 2 aromatic heterocycles. The number of carbonyl (C=O) groups is 1. The number of halogens is 1. The Labute approximate surface area is 238 Å². The first-order chi connectivity index (χ1) is 19.4. The molecule has 4 aromatic rings. The van der Waals surface area contributed by atoms with Gasteiger partial charge in [-0.15, -0.1) is 0 Å². The molecule has 41 heavy (non-hydrogen) atoms. The van der Waals surface area contributed by atoms with E-state index in [1.165, 1.54) is 21.9 Å². The highest BCUT2D eigenvalue weighted by Crippen LogP contribution is 2.30. The molecule has 4 rings (SSSR count). The van der Waals surface area contributed by atoms with E-state index in [9.17, 15) is 18.0 Å². The van der Waals surface area contributed by atoms with E-state index in [4.69, 9.17) is 9.17 Å². The van der Waals surface area contributed by atoms with Gasteiger partial charge in [0, 0.05) is 11.8 Å². The van der Waals surface area contributed by atoms with Crippen molar-refractivity contribution in [3.8, 4) is 0 Å². The number of benzene rings is 2. The molecule has 2 atom stereocenters. The van der Waals surface area contributed by atoms with E-state index in [0.717, 1.165) is 17.4 Å². The van der Waals surface area contributed by atoms with Crippen molar-refractivity contribution < 1.29 is 21.8 Å². The van der Waals surface area contributed by atoms with Crippen molar-refractivity contribution in [1.82, 2.24) is 19.4 Å². The Balaban J connectivity index is 1.89. The minimum Gasteiger partial charge on any atom is -0.325 e. The van der Waals surface area contributed by atoms with Crippen molar-refractivity contribution in [2.45, 2.75) is 39.5 Å². The van der Waals surface area contributed by atoms with Gasteiger partial charge in [-0.05, 0) is 36.6 Å². The smallest absolute Gasteiger partial charge is 0.264 e.